The van der Waals surface area contributed by atoms with Gasteiger partial charge in [0.05, 0.1) is 12.2 Å². The minimum absolute atomic E-state index is 0.0536. The molecule has 0 aliphatic heterocycles. The molecule has 4 saturated carbocycles. The van der Waals surface area contributed by atoms with Crippen molar-refractivity contribution in [2.75, 3.05) is 0 Å². The van der Waals surface area contributed by atoms with E-state index in [9.17, 15) is 10.2 Å². The van der Waals surface area contributed by atoms with E-state index in [2.05, 4.69) is 19.6 Å². The zero-order valence-corrected chi connectivity index (χ0v) is 14.0. The van der Waals surface area contributed by atoms with Crippen molar-refractivity contribution in [2.24, 2.45) is 40.9 Å². The van der Waals surface area contributed by atoms with Gasteiger partial charge in [-0.15, -0.1) is 6.58 Å². The summed E-state index contributed by atoms with van der Waals surface area (Å²) in [7, 11) is 0. The molecule has 0 heterocycles. The SMILES string of the molecule is C=C[C@@H]1C[C@]2(C)[C@@H](O)CC[C@H]2[C@@H]2CCC3CC(O)CC[C@@H]3[C@H]21. The third-order valence-corrected chi connectivity index (χ3v) is 8.22. The molecule has 22 heavy (non-hydrogen) atoms. The van der Waals surface area contributed by atoms with E-state index in [1.165, 1.54) is 25.7 Å². The molecule has 0 radical (unpaired) electrons. The summed E-state index contributed by atoms with van der Waals surface area (Å²) in [4.78, 5) is 0. The largest absolute Gasteiger partial charge is 0.393 e. The van der Waals surface area contributed by atoms with E-state index < -0.39 is 0 Å². The molecule has 4 fully saturated rings. The van der Waals surface area contributed by atoms with Gasteiger partial charge in [-0.25, -0.2) is 0 Å². The Morgan fingerprint density at radius 2 is 1.77 bits per heavy atom. The Labute approximate surface area is 135 Å². The fraction of sp³-hybridized carbons (Fsp3) is 0.900. The Hall–Kier alpha value is -0.340. The van der Waals surface area contributed by atoms with Gasteiger partial charge in [0, 0.05) is 0 Å². The molecule has 2 heteroatoms. The van der Waals surface area contributed by atoms with Crippen LogP contribution in [0.2, 0.25) is 0 Å². The number of allylic oxidation sites excluding steroid dienone is 1. The van der Waals surface area contributed by atoms with Gasteiger partial charge in [0.15, 0.2) is 0 Å². The molecule has 0 saturated heterocycles. The molecule has 0 aromatic rings. The van der Waals surface area contributed by atoms with Crippen molar-refractivity contribution >= 4 is 0 Å². The molecule has 2 unspecified atom stereocenters. The normalized spacial score (nSPS) is 57.6. The highest BCUT2D eigenvalue weighted by Crippen LogP contribution is 2.64. The highest BCUT2D eigenvalue weighted by atomic mass is 16.3. The van der Waals surface area contributed by atoms with Crippen molar-refractivity contribution in [1.82, 2.24) is 0 Å². The summed E-state index contributed by atoms with van der Waals surface area (Å²) in [6.07, 6.45) is 11.3. The summed E-state index contributed by atoms with van der Waals surface area (Å²) >= 11 is 0. The third kappa shape index (κ3) is 2.06. The lowest BCUT2D eigenvalue weighted by Crippen LogP contribution is -2.53. The summed E-state index contributed by atoms with van der Waals surface area (Å²) < 4.78 is 0. The van der Waals surface area contributed by atoms with Crippen LogP contribution in [-0.2, 0) is 0 Å². The molecule has 124 valence electrons. The molecule has 0 spiro atoms. The summed E-state index contributed by atoms with van der Waals surface area (Å²) in [5.74, 6) is 4.39. The lowest BCUT2D eigenvalue weighted by atomic mass is 9.47. The predicted molar refractivity (Wildman–Crippen MR) is 88.2 cm³/mol. The quantitative estimate of drug-likeness (QED) is 0.724. The lowest BCUT2D eigenvalue weighted by molar-refractivity contribution is -0.110. The molecule has 9 atom stereocenters. The van der Waals surface area contributed by atoms with Crippen molar-refractivity contribution < 1.29 is 10.2 Å². The van der Waals surface area contributed by atoms with Gasteiger partial charge in [-0.1, -0.05) is 13.0 Å². The Morgan fingerprint density at radius 3 is 2.55 bits per heavy atom. The van der Waals surface area contributed by atoms with Gasteiger partial charge in [-0.3, -0.25) is 0 Å². The molecule has 0 aromatic heterocycles. The minimum Gasteiger partial charge on any atom is -0.393 e. The van der Waals surface area contributed by atoms with Crippen LogP contribution in [-0.4, -0.2) is 22.4 Å². The van der Waals surface area contributed by atoms with Crippen molar-refractivity contribution in [3.63, 3.8) is 0 Å². The van der Waals surface area contributed by atoms with Crippen LogP contribution in [0.3, 0.4) is 0 Å². The molecule has 0 bridgehead atoms. The van der Waals surface area contributed by atoms with E-state index in [0.29, 0.717) is 5.92 Å². The van der Waals surface area contributed by atoms with E-state index in [0.717, 1.165) is 55.3 Å². The third-order valence-electron chi connectivity index (χ3n) is 8.22. The van der Waals surface area contributed by atoms with Crippen LogP contribution in [0.15, 0.2) is 12.7 Å². The van der Waals surface area contributed by atoms with Gasteiger partial charge in [-0.2, -0.15) is 0 Å². The Kier molecular flexibility index (Phi) is 3.69. The first-order valence-electron chi connectivity index (χ1n) is 9.53. The van der Waals surface area contributed by atoms with Gasteiger partial charge in [-0.05, 0) is 92.3 Å². The van der Waals surface area contributed by atoms with Crippen LogP contribution >= 0.6 is 0 Å². The van der Waals surface area contributed by atoms with Crippen LogP contribution < -0.4 is 0 Å². The number of aliphatic hydroxyl groups excluding tert-OH is 2. The first-order chi connectivity index (χ1) is 10.5. The fourth-order valence-corrected chi connectivity index (χ4v) is 7.24. The predicted octanol–water partition coefficient (Wildman–Crippen LogP) is 3.77. The average Bonchev–Trinajstić information content (AvgIpc) is 2.81. The number of hydrogen-bond acceptors (Lipinski definition) is 2. The van der Waals surface area contributed by atoms with Crippen LogP contribution in [0.5, 0.6) is 0 Å². The summed E-state index contributed by atoms with van der Waals surface area (Å²) in [5, 5.41) is 20.6. The zero-order chi connectivity index (χ0) is 15.5. The molecular weight excluding hydrogens is 272 g/mol. The molecule has 2 nitrogen and oxygen atoms in total. The topological polar surface area (TPSA) is 40.5 Å². The maximum Gasteiger partial charge on any atom is 0.0596 e. The zero-order valence-electron chi connectivity index (χ0n) is 14.0. The number of fused-ring (bicyclic) bond motifs is 5. The smallest absolute Gasteiger partial charge is 0.0596 e. The number of hydrogen-bond donors (Lipinski definition) is 2. The Bertz CT molecular complexity index is 447. The summed E-state index contributed by atoms with van der Waals surface area (Å²) in [5.41, 5.74) is 0.126. The first-order valence-corrected chi connectivity index (χ1v) is 9.53. The van der Waals surface area contributed by atoms with Crippen molar-refractivity contribution in [1.29, 1.82) is 0 Å². The average molecular weight is 304 g/mol. The van der Waals surface area contributed by atoms with E-state index in [1.807, 2.05) is 0 Å². The van der Waals surface area contributed by atoms with Crippen LogP contribution in [0.4, 0.5) is 0 Å². The summed E-state index contributed by atoms with van der Waals surface area (Å²) in [6, 6.07) is 0. The standard InChI is InChI=1S/C20H32O2/c1-3-12-11-20(2)17(8-9-18(20)22)16-6-4-13-10-14(21)5-7-15(13)19(12)16/h3,12-19,21-22H,1,4-11H2,2H3/t12-,13?,14?,15+,16+,17+,18+,19-,20+/m1/s1. The molecule has 0 amide bonds. The maximum atomic E-state index is 10.6. The van der Waals surface area contributed by atoms with E-state index >= 15 is 0 Å². The van der Waals surface area contributed by atoms with Crippen LogP contribution in [0.1, 0.15) is 58.3 Å². The first kappa shape index (κ1) is 15.2. The van der Waals surface area contributed by atoms with Gasteiger partial charge in [0.2, 0.25) is 0 Å². The van der Waals surface area contributed by atoms with E-state index in [-0.39, 0.29) is 17.6 Å². The van der Waals surface area contributed by atoms with Gasteiger partial charge >= 0.3 is 0 Å². The van der Waals surface area contributed by atoms with Gasteiger partial charge in [0.25, 0.3) is 0 Å². The monoisotopic (exact) mass is 304 g/mol. The van der Waals surface area contributed by atoms with Crippen molar-refractivity contribution in [2.45, 2.75) is 70.5 Å². The molecule has 2 N–H and O–H groups in total. The van der Waals surface area contributed by atoms with Crippen LogP contribution in [0.25, 0.3) is 0 Å². The molecule has 4 aliphatic rings. The second-order valence-corrected chi connectivity index (χ2v) is 9.02. The minimum atomic E-state index is -0.105. The Morgan fingerprint density at radius 1 is 1.00 bits per heavy atom. The number of rotatable bonds is 1. The fourth-order valence-electron chi connectivity index (χ4n) is 7.24. The van der Waals surface area contributed by atoms with Gasteiger partial charge < -0.3 is 10.2 Å². The molecule has 4 aliphatic carbocycles. The van der Waals surface area contributed by atoms with E-state index in [1.54, 1.807) is 0 Å². The van der Waals surface area contributed by atoms with Crippen molar-refractivity contribution in [3.05, 3.63) is 12.7 Å². The molecule has 0 aromatic carbocycles. The van der Waals surface area contributed by atoms with Crippen molar-refractivity contribution in [3.8, 4) is 0 Å². The number of aliphatic hydroxyl groups is 2. The highest BCUT2D eigenvalue weighted by molar-refractivity contribution is 5.11. The second kappa shape index (κ2) is 5.34. The van der Waals surface area contributed by atoms with E-state index in [4.69, 9.17) is 0 Å². The maximum absolute atomic E-state index is 10.6. The van der Waals surface area contributed by atoms with Gasteiger partial charge in [0.1, 0.15) is 0 Å². The summed E-state index contributed by atoms with van der Waals surface area (Å²) in [6.45, 7) is 6.51. The van der Waals surface area contributed by atoms with Crippen LogP contribution in [0, 0.1) is 40.9 Å². The molecular formula is C20H32O2. The second-order valence-electron chi connectivity index (χ2n) is 9.02. The highest BCUT2D eigenvalue weighted by Gasteiger charge is 2.59. The lowest BCUT2D eigenvalue weighted by Gasteiger charge is -2.58. The molecule has 4 rings (SSSR count). The Balaban J connectivity index is 1.65.